The maximum absolute atomic E-state index is 12.0. The molecular formula is C21H24N2O4. The molecule has 2 aromatic heterocycles. The second-order valence-electron chi connectivity index (χ2n) is 6.31. The van der Waals surface area contributed by atoms with Gasteiger partial charge >= 0.3 is 0 Å². The van der Waals surface area contributed by atoms with Crippen LogP contribution in [0.5, 0.6) is 0 Å². The van der Waals surface area contributed by atoms with Crippen molar-refractivity contribution in [1.82, 2.24) is 10.5 Å². The van der Waals surface area contributed by atoms with Gasteiger partial charge in [0.15, 0.2) is 0 Å². The van der Waals surface area contributed by atoms with Crippen LogP contribution in [0.15, 0.2) is 51.5 Å². The van der Waals surface area contributed by atoms with E-state index in [1.54, 1.807) is 6.26 Å². The molecule has 0 bridgehead atoms. The molecule has 142 valence electrons. The van der Waals surface area contributed by atoms with E-state index in [2.05, 4.69) is 29.5 Å². The molecule has 3 rings (SSSR count). The van der Waals surface area contributed by atoms with Gasteiger partial charge in [0.2, 0.25) is 11.8 Å². The van der Waals surface area contributed by atoms with E-state index in [0.717, 1.165) is 30.6 Å². The number of carbonyl (C=O) groups excluding carboxylic acids is 1. The van der Waals surface area contributed by atoms with E-state index in [0.29, 0.717) is 24.0 Å². The van der Waals surface area contributed by atoms with Gasteiger partial charge in [-0.3, -0.25) is 9.63 Å². The molecule has 0 saturated carbocycles. The van der Waals surface area contributed by atoms with Crippen molar-refractivity contribution < 1.29 is 18.5 Å². The van der Waals surface area contributed by atoms with Crippen molar-refractivity contribution >= 4 is 5.91 Å². The van der Waals surface area contributed by atoms with Crippen LogP contribution < -0.4 is 5.48 Å². The fourth-order valence-electron chi connectivity index (χ4n) is 2.69. The summed E-state index contributed by atoms with van der Waals surface area (Å²) in [7, 11) is 0. The van der Waals surface area contributed by atoms with Crippen molar-refractivity contribution in [2.45, 2.75) is 39.5 Å². The SMILES string of the molecule is CCc1ccc(-c2nc(CC(=O)NOCCCc3ccco3)c(C)o2)cc1. The van der Waals surface area contributed by atoms with E-state index in [1.165, 1.54) is 5.56 Å². The molecule has 1 aromatic carbocycles. The van der Waals surface area contributed by atoms with Gasteiger partial charge in [0.1, 0.15) is 11.5 Å². The highest BCUT2D eigenvalue weighted by atomic mass is 16.6. The van der Waals surface area contributed by atoms with Gasteiger partial charge in [-0.1, -0.05) is 19.1 Å². The maximum Gasteiger partial charge on any atom is 0.249 e. The fraction of sp³-hybridized carbons (Fsp3) is 0.333. The number of hydroxylamine groups is 1. The van der Waals surface area contributed by atoms with Crippen molar-refractivity contribution in [2.24, 2.45) is 0 Å². The van der Waals surface area contributed by atoms with E-state index in [9.17, 15) is 4.79 Å². The van der Waals surface area contributed by atoms with Crippen LogP contribution >= 0.6 is 0 Å². The highest BCUT2D eigenvalue weighted by Gasteiger charge is 2.15. The summed E-state index contributed by atoms with van der Waals surface area (Å²) in [5.41, 5.74) is 5.22. The third kappa shape index (κ3) is 5.31. The smallest absolute Gasteiger partial charge is 0.249 e. The Kier molecular flexibility index (Phi) is 6.44. The minimum atomic E-state index is -0.253. The number of nitrogens with one attached hydrogen (secondary N) is 1. The van der Waals surface area contributed by atoms with Crippen molar-refractivity contribution in [2.75, 3.05) is 6.61 Å². The molecule has 0 fully saturated rings. The van der Waals surface area contributed by atoms with Crippen LogP contribution in [0.25, 0.3) is 11.5 Å². The topological polar surface area (TPSA) is 77.5 Å². The van der Waals surface area contributed by atoms with Crippen LogP contribution in [-0.2, 0) is 28.9 Å². The van der Waals surface area contributed by atoms with E-state index in [-0.39, 0.29) is 12.3 Å². The number of rotatable bonds is 9. The van der Waals surface area contributed by atoms with Crippen LogP contribution in [0, 0.1) is 6.92 Å². The van der Waals surface area contributed by atoms with E-state index < -0.39 is 0 Å². The second-order valence-corrected chi connectivity index (χ2v) is 6.31. The summed E-state index contributed by atoms with van der Waals surface area (Å²) in [6.45, 7) is 4.34. The highest BCUT2D eigenvalue weighted by molar-refractivity contribution is 5.77. The lowest BCUT2D eigenvalue weighted by Crippen LogP contribution is -2.26. The van der Waals surface area contributed by atoms with Crippen molar-refractivity contribution in [1.29, 1.82) is 0 Å². The van der Waals surface area contributed by atoms with Gasteiger partial charge in [0.25, 0.3) is 0 Å². The Balaban J connectivity index is 1.46. The summed E-state index contributed by atoms with van der Waals surface area (Å²) in [5.74, 6) is 1.81. The number of aryl methyl sites for hydroxylation is 3. The molecule has 0 aliphatic carbocycles. The monoisotopic (exact) mass is 368 g/mol. The van der Waals surface area contributed by atoms with Gasteiger partial charge in [0, 0.05) is 12.0 Å². The Labute approximate surface area is 158 Å². The number of oxazole rings is 1. The molecule has 27 heavy (non-hydrogen) atoms. The molecule has 1 N–H and O–H groups in total. The number of furan rings is 1. The lowest BCUT2D eigenvalue weighted by molar-refractivity contribution is -0.133. The molecule has 6 heteroatoms. The molecule has 0 saturated heterocycles. The van der Waals surface area contributed by atoms with Crippen LogP contribution in [0.1, 0.15) is 36.1 Å². The molecule has 6 nitrogen and oxygen atoms in total. The Bertz CT molecular complexity index is 851. The zero-order valence-corrected chi connectivity index (χ0v) is 15.7. The Hall–Kier alpha value is -2.86. The Morgan fingerprint density at radius 3 is 2.74 bits per heavy atom. The molecule has 0 aliphatic rings. The van der Waals surface area contributed by atoms with Crippen molar-refractivity contribution in [3.63, 3.8) is 0 Å². The van der Waals surface area contributed by atoms with Gasteiger partial charge in [-0.05, 0) is 49.6 Å². The number of hydrogen-bond donors (Lipinski definition) is 1. The lowest BCUT2D eigenvalue weighted by Gasteiger charge is -2.04. The predicted octanol–water partition coefficient (Wildman–Crippen LogP) is 4.03. The first-order valence-electron chi connectivity index (χ1n) is 9.14. The van der Waals surface area contributed by atoms with Gasteiger partial charge in [-0.2, -0.15) is 0 Å². The van der Waals surface area contributed by atoms with Crippen LogP contribution in [0.4, 0.5) is 0 Å². The lowest BCUT2D eigenvalue weighted by atomic mass is 10.1. The molecule has 2 heterocycles. The van der Waals surface area contributed by atoms with E-state index in [4.69, 9.17) is 13.7 Å². The third-order valence-corrected chi connectivity index (χ3v) is 4.27. The standard InChI is InChI=1S/C21H24N2O4/c1-3-16-8-10-17(11-9-16)21-22-19(15(2)27-21)14-20(24)23-26-13-5-7-18-6-4-12-25-18/h4,6,8-12H,3,5,7,13-14H2,1-2H3,(H,23,24). The maximum atomic E-state index is 12.0. The van der Waals surface area contributed by atoms with Crippen molar-refractivity contribution in [3.05, 3.63) is 65.4 Å². The van der Waals surface area contributed by atoms with Crippen LogP contribution in [0.3, 0.4) is 0 Å². The highest BCUT2D eigenvalue weighted by Crippen LogP contribution is 2.22. The van der Waals surface area contributed by atoms with E-state index >= 15 is 0 Å². The average Bonchev–Trinajstić information content (AvgIpc) is 3.32. The van der Waals surface area contributed by atoms with Crippen LogP contribution in [-0.4, -0.2) is 17.5 Å². The molecule has 0 spiro atoms. The molecule has 0 radical (unpaired) electrons. The number of nitrogens with zero attached hydrogens (tertiary/aromatic N) is 1. The molecule has 1 amide bonds. The normalized spacial score (nSPS) is 10.9. The number of amides is 1. The molecule has 0 atom stereocenters. The van der Waals surface area contributed by atoms with E-state index in [1.807, 2.05) is 31.2 Å². The quantitative estimate of drug-likeness (QED) is 0.456. The molecule has 0 unspecified atom stereocenters. The van der Waals surface area contributed by atoms with Gasteiger partial charge in [-0.25, -0.2) is 10.5 Å². The number of benzene rings is 1. The summed E-state index contributed by atoms with van der Waals surface area (Å²) in [6, 6.07) is 11.8. The van der Waals surface area contributed by atoms with Crippen LogP contribution in [0.2, 0.25) is 0 Å². The first kappa shape index (κ1) is 18.9. The molecular weight excluding hydrogens is 344 g/mol. The fourth-order valence-corrected chi connectivity index (χ4v) is 2.69. The summed E-state index contributed by atoms with van der Waals surface area (Å²) < 4.78 is 11.0. The minimum Gasteiger partial charge on any atom is -0.469 e. The zero-order valence-electron chi connectivity index (χ0n) is 15.7. The van der Waals surface area contributed by atoms with Crippen molar-refractivity contribution in [3.8, 4) is 11.5 Å². The molecule has 0 aliphatic heterocycles. The Morgan fingerprint density at radius 2 is 2.04 bits per heavy atom. The summed E-state index contributed by atoms with van der Waals surface area (Å²) in [4.78, 5) is 21.7. The van der Waals surface area contributed by atoms with Gasteiger partial charge < -0.3 is 8.83 Å². The Morgan fingerprint density at radius 1 is 1.22 bits per heavy atom. The first-order chi connectivity index (χ1) is 13.2. The zero-order chi connectivity index (χ0) is 19.1. The third-order valence-electron chi connectivity index (χ3n) is 4.27. The minimum absolute atomic E-state index is 0.112. The number of aromatic nitrogens is 1. The van der Waals surface area contributed by atoms with Gasteiger partial charge in [0.05, 0.1) is 25.0 Å². The summed E-state index contributed by atoms with van der Waals surface area (Å²) >= 11 is 0. The first-order valence-corrected chi connectivity index (χ1v) is 9.14. The largest absolute Gasteiger partial charge is 0.469 e. The molecule has 3 aromatic rings. The number of hydrogen-bond acceptors (Lipinski definition) is 5. The summed E-state index contributed by atoms with van der Waals surface area (Å²) in [5, 5.41) is 0. The predicted molar refractivity (Wildman–Crippen MR) is 101 cm³/mol. The van der Waals surface area contributed by atoms with Gasteiger partial charge in [-0.15, -0.1) is 0 Å². The number of carbonyl (C=O) groups is 1. The summed E-state index contributed by atoms with van der Waals surface area (Å²) in [6.07, 6.45) is 4.27. The average molecular weight is 368 g/mol. The second kappa shape index (κ2) is 9.19.